The van der Waals surface area contributed by atoms with Crippen LogP contribution in [-0.4, -0.2) is 41.9 Å². The van der Waals surface area contributed by atoms with Crippen LogP contribution in [0.4, 0.5) is 5.69 Å². The lowest BCUT2D eigenvalue weighted by Crippen LogP contribution is -2.39. The van der Waals surface area contributed by atoms with E-state index in [1.54, 1.807) is 24.3 Å². The number of carbonyl (C=O) groups excluding carboxylic acids is 2. The van der Waals surface area contributed by atoms with Crippen LogP contribution in [0.2, 0.25) is 20.2 Å². The lowest BCUT2D eigenvalue weighted by Gasteiger charge is -2.22. The molecule has 150 valence electrons. The van der Waals surface area contributed by atoms with Crippen LogP contribution in [0.3, 0.4) is 0 Å². The van der Waals surface area contributed by atoms with Gasteiger partial charge in [-0.25, -0.2) is 4.98 Å². The summed E-state index contributed by atoms with van der Waals surface area (Å²) >= 11 is 23.9. The summed E-state index contributed by atoms with van der Waals surface area (Å²) in [5.41, 5.74) is 0.326. The molecule has 0 fully saturated rings. The van der Waals surface area contributed by atoms with Crippen LogP contribution >= 0.6 is 46.4 Å². The third-order valence-electron chi connectivity index (χ3n) is 3.68. The number of nitrogens with zero attached hydrogens (tertiary/aromatic N) is 2. The Bertz CT molecular complexity index is 893. The molecule has 1 heterocycles. The second-order valence-electron chi connectivity index (χ2n) is 5.67. The Hall–Kier alpha value is -1.73. The highest BCUT2D eigenvalue weighted by Gasteiger charge is 2.26. The molecule has 10 heteroatoms. The summed E-state index contributed by atoms with van der Waals surface area (Å²) in [5, 5.41) is 2.35. The van der Waals surface area contributed by atoms with Crippen LogP contribution in [0.5, 0.6) is 5.75 Å². The highest BCUT2D eigenvalue weighted by molar-refractivity contribution is 6.52. The quantitative estimate of drug-likeness (QED) is 0.572. The monoisotopic (exact) mass is 463 g/mol. The predicted octanol–water partition coefficient (Wildman–Crippen LogP) is 5.19. The van der Waals surface area contributed by atoms with Gasteiger partial charge >= 0.3 is 0 Å². The second-order valence-corrected chi connectivity index (χ2v) is 7.16. The average Bonchev–Trinajstić information content (AvgIpc) is 2.68. The van der Waals surface area contributed by atoms with Gasteiger partial charge in [0.25, 0.3) is 5.91 Å². The van der Waals surface area contributed by atoms with Crippen molar-refractivity contribution in [3.05, 3.63) is 50.2 Å². The van der Waals surface area contributed by atoms with E-state index in [4.69, 9.17) is 51.1 Å². The summed E-state index contributed by atoms with van der Waals surface area (Å²) in [6, 6.07) is 6.95. The highest BCUT2D eigenvalue weighted by Crippen LogP contribution is 2.36. The first-order valence-electron chi connectivity index (χ1n) is 8.22. The van der Waals surface area contributed by atoms with Crippen molar-refractivity contribution in [2.24, 2.45) is 0 Å². The van der Waals surface area contributed by atoms with E-state index in [-0.39, 0.29) is 32.5 Å². The normalized spacial score (nSPS) is 10.5. The number of methoxy groups -OCH3 is 1. The molecule has 2 rings (SSSR count). The summed E-state index contributed by atoms with van der Waals surface area (Å²) in [6.07, 6.45) is 0.611. The van der Waals surface area contributed by atoms with Gasteiger partial charge in [-0.2, -0.15) is 0 Å². The number of carbonyl (C=O) groups is 2. The number of nitrogens with one attached hydrogen (secondary N) is 1. The minimum absolute atomic E-state index is 0.0409. The van der Waals surface area contributed by atoms with Gasteiger partial charge < -0.3 is 15.0 Å². The van der Waals surface area contributed by atoms with E-state index in [1.165, 1.54) is 12.0 Å². The van der Waals surface area contributed by atoms with Crippen LogP contribution < -0.4 is 10.1 Å². The van der Waals surface area contributed by atoms with Crippen molar-refractivity contribution in [1.82, 2.24) is 9.88 Å². The molecule has 0 spiro atoms. The van der Waals surface area contributed by atoms with Crippen molar-refractivity contribution >= 4 is 63.9 Å². The van der Waals surface area contributed by atoms with Gasteiger partial charge in [-0.3, -0.25) is 9.59 Å². The highest BCUT2D eigenvalue weighted by atomic mass is 35.5. The van der Waals surface area contributed by atoms with Gasteiger partial charge in [-0.05, 0) is 18.6 Å². The van der Waals surface area contributed by atoms with Crippen molar-refractivity contribution in [3.63, 3.8) is 0 Å². The van der Waals surface area contributed by atoms with Crippen molar-refractivity contribution in [2.45, 2.75) is 13.3 Å². The molecule has 0 atom stereocenters. The minimum atomic E-state index is -0.581. The first kappa shape index (κ1) is 22.6. The molecule has 0 aliphatic heterocycles. The largest absolute Gasteiger partial charge is 0.495 e. The zero-order valence-corrected chi connectivity index (χ0v) is 18.1. The molecule has 0 bridgehead atoms. The summed E-state index contributed by atoms with van der Waals surface area (Å²) in [5.74, 6) is -0.485. The Kier molecular flexibility index (Phi) is 8.19. The molecular formula is C18H17Cl4N3O3. The number of aromatic nitrogens is 1. The van der Waals surface area contributed by atoms with Crippen LogP contribution in [0.1, 0.15) is 23.8 Å². The van der Waals surface area contributed by atoms with Crippen LogP contribution in [0.25, 0.3) is 0 Å². The number of halogens is 4. The zero-order valence-electron chi connectivity index (χ0n) is 15.1. The van der Waals surface area contributed by atoms with Gasteiger partial charge in [0.2, 0.25) is 5.91 Å². The Morgan fingerprint density at radius 2 is 1.79 bits per heavy atom. The molecule has 1 aromatic carbocycles. The lowest BCUT2D eigenvalue weighted by molar-refractivity contribution is -0.116. The molecule has 2 aromatic rings. The van der Waals surface area contributed by atoms with Crippen molar-refractivity contribution in [2.75, 3.05) is 25.5 Å². The van der Waals surface area contributed by atoms with E-state index in [0.29, 0.717) is 24.4 Å². The number of ether oxygens (including phenoxy) is 1. The van der Waals surface area contributed by atoms with E-state index in [0.717, 1.165) is 0 Å². The third kappa shape index (κ3) is 5.20. The number of rotatable bonds is 7. The van der Waals surface area contributed by atoms with E-state index < -0.39 is 11.8 Å². The molecule has 28 heavy (non-hydrogen) atoms. The van der Waals surface area contributed by atoms with Gasteiger partial charge in [0.05, 0.1) is 27.9 Å². The number of hydrogen-bond donors (Lipinski definition) is 1. The van der Waals surface area contributed by atoms with Crippen LogP contribution in [0.15, 0.2) is 24.3 Å². The van der Waals surface area contributed by atoms with Gasteiger partial charge in [0.15, 0.2) is 0 Å². The number of para-hydroxylation sites is 2. The summed E-state index contributed by atoms with van der Waals surface area (Å²) in [4.78, 5) is 30.6. The molecule has 0 saturated heterocycles. The SMILES string of the molecule is CCCN(CC(=O)Nc1ccccc1OC)C(=O)c1nc(Cl)c(Cl)c(Cl)c1Cl. The second kappa shape index (κ2) is 10.2. The fourth-order valence-electron chi connectivity index (χ4n) is 2.41. The van der Waals surface area contributed by atoms with Gasteiger partial charge in [-0.15, -0.1) is 0 Å². The summed E-state index contributed by atoms with van der Waals surface area (Å²) < 4.78 is 5.20. The van der Waals surface area contributed by atoms with Gasteiger partial charge in [-0.1, -0.05) is 65.5 Å². The summed E-state index contributed by atoms with van der Waals surface area (Å²) in [6.45, 7) is 1.95. The van der Waals surface area contributed by atoms with Crippen molar-refractivity contribution in [1.29, 1.82) is 0 Å². The maximum Gasteiger partial charge on any atom is 0.274 e. The fraction of sp³-hybridized carbons (Fsp3) is 0.278. The van der Waals surface area contributed by atoms with Crippen LogP contribution in [-0.2, 0) is 4.79 Å². The van der Waals surface area contributed by atoms with E-state index in [1.807, 2.05) is 6.92 Å². The topological polar surface area (TPSA) is 71.5 Å². The number of anilines is 1. The average molecular weight is 465 g/mol. The molecule has 1 aromatic heterocycles. The molecule has 0 radical (unpaired) electrons. The maximum absolute atomic E-state index is 12.9. The smallest absolute Gasteiger partial charge is 0.274 e. The lowest BCUT2D eigenvalue weighted by atomic mass is 10.2. The molecule has 0 saturated carbocycles. The molecule has 2 amide bonds. The Balaban J connectivity index is 2.23. The number of amides is 2. The van der Waals surface area contributed by atoms with E-state index in [2.05, 4.69) is 10.3 Å². The number of pyridine rings is 1. The maximum atomic E-state index is 12.9. The van der Waals surface area contributed by atoms with Gasteiger partial charge in [0, 0.05) is 6.54 Å². The van der Waals surface area contributed by atoms with E-state index in [9.17, 15) is 9.59 Å². The van der Waals surface area contributed by atoms with Crippen LogP contribution in [0, 0.1) is 0 Å². The number of hydrogen-bond acceptors (Lipinski definition) is 4. The van der Waals surface area contributed by atoms with Crippen molar-refractivity contribution in [3.8, 4) is 5.75 Å². The van der Waals surface area contributed by atoms with Crippen molar-refractivity contribution < 1.29 is 14.3 Å². The molecule has 1 N–H and O–H groups in total. The third-order valence-corrected chi connectivity index (χ3v) is 5.36. The molecule has 0 unspecified atom stereocenters. The number of benzene rings is 1. The standard InChI is InChI=1S/C18H17Cl4N3O3/c1-3-8-25(9-12(26)23-10-6-4-5-7-11(10)28-2)18(27)16-14(20)13(19)15(21)17(22)24-16/h4-7H,3,8-9H2,1-2H3,(H,23,26). The predicted molar refractivity (Wildman–Crippen MR) is 112 cm³/mol. The van der Waals surface area contributed by atoms with E-state index >= 15 is 0 Å². The zero-order chi connectivity index (χ0) is 20.8. The Morgan fingerprint density at radius 3 is 2.43 bits per heavy atom. The Morgan fingerprint density at radius 1 is 1.11 bits per heavy atom. The molecular weight excluding hydrogens is 448 g/mol. The molecule has 0 aliphatic rings. The fourth-order valence-corrected chi connectivity index (χ4v) is 3.22. The first-order valence-corrected chi connectivity index (χ1v) is 9.73. The first-order chi connectivity index (χ1) is 13.3. The molecule has 6 nitrogen and oxygen atoms in total. The van der Waals surface area contributed by atoms with Gasteiger partial charge in [0.1, 0.15) is 23.1 Å². The molecule has 0 aliphatic carbocycles. The Labute approximate surface area is 182 Å². The minimum Gasteiger partial charge on any atom is -0.495 e. The summed E-state index contributed by atoms with van der Waals surface area (Å²) in [7, 11) is 1.50.